The minimum atomic E-state index is -3.80. The van der Waals surface area contributed by atoms with Crippen LogP contribution in [0.4, 0.5) is 4.39 Å². The van der Waals surface area contributed by atoms with Gasteiger partial charge in [-0.1, -0.05) is 30.3 Å². The number of benzene rings is 2. The third-order valence-corrected chi connectivity index (χ3v) is 7.62. The van der Waals surface area contributed by atoms with Crippen LogP contribution in [0.15, 0.2) is 48.5 Å². The molecule has 0 bridgehead atoms. The molecule has 186 valence electrons. The number of esters is 1. The highest BCUT2D eigenvalue weighted by Crippen LogP contribution is 2.43. The molecule has 0 spiro atoms. The maximum Gasteiger partial charge on any atom is 0.321 e. The Hall–Kier alpha value is -2.49. The van der Waals surface area contributed by atoms with Crippen LogP contribution >= 0.6 is 0 Å². The molecule has 0 saturated heterocycles. The summed E-state index contributed by atoms with van der Waals surface area (Å²) in [6.45, 7) is 6.08. The van der Waals surface area contributed by atoms with Gasteiger partial charge in [0.15, 0.2) is 0 Å². The van der Waals surface area contributed by atoms with Gasteiger partial charge in [-0.05, 0) is 51.6 Å². The topological polar surface area (TPSA) is 76.2 Å². The first-order valence-electron chi connectivity index (χ1n) is 11.4. The molecular formula is C25H33FN2O5S. The minimum absolute atomic E-state index is 0.132. The molecular weight excluding hydrogens is 459 g/mol. The van der Waals surface area contributed by atoms with Crippen LogP contribution in [-0.4, -0.2) is 61.7 Å². The van der Waals surface area contributed by atoms with Gasteiger partial charge in [-0.2, -0.15) is 4.31 Å². The number of nitrogens with zero attached hydrogens (tertiary/aromatic N) is 2. The van der Waals surface area contributed by atoms with E-state index in [9.17, 15) is 17.6 Å². The Morgan fingerprint density at radius 1 is 1.21 bits per heavy atom. The number of hydrogen-bond acceptors (Lipinski definition) is 6. The zero-order valence-corrected chi connectivity index (χ0v) is 21.0. The van der Waals surface area contributed by atoms with Crippen LogP contribution in [0, 0.1) is 5.82 Å². The van der Waals surface area contributed by atoms with Gasteiger partial charge in [0.25, 0.3) is 0 Å². The summed E-state index contributed by atoms with van der Waals surface area (Å²) in [5.74, 6) is -0.921. The molecule has 0 fully saturated rings. The van der Waals surface area contributed by atoms with E-state index in [1.54, 1.807) is 0 Å². The average Bonchev–Trinajstić information content (AvgIpc) is 2.77. The second-order valence-electron chi connectivity index (χ2n) is 9.15. The van der Waals surface area contributed by atoms with Gasteiger partial charge in [-0.3, -0.25) is 9.69 Å². The molecule has 1 aliphatic heterocycles. The van der Waals surface area contributed by atoms with E-state index in [2.05, 4.69) is 0 Å². The Balaban J connectivity index is 1.70. The van der Waals surface area contributed by atoms with Crippen LogP contribution in [0.2, 0.25) is 0 Å². The van der Waals surface area contributed by atoms with Crippen molar-refractivity contribution in [1.29, 1.82) is 0 Å². The van der Waals surface area contributed by atoms with E-state index in [0.717, 1.165) is 9.87 Å². The largest absolute Gasteiger partial charge is 0.487 e. The predicted octanol–water partition coefficient (Wildman–Crippen LogP) is 3.75. The smallest absolute Gasteiger partial charge is 0.321 e. The normalized spacial score (nSPS) is 17.3. The predicted molar refractivity (Wildman–Crippen MR) is 128 cm³/mol. The fraction of sp³-hybridized carbons (Fsp3) is 0.480. The molecule has 34 heavy (non-hydrogen) atoms. The third kappa shape index (κ3) is 6.77. The molecule has 3 rings (SSSR count). The lowest BCUT2D eigenvalue weighted by molar-refractivity contribution is -0.144. The zero-order chi connectivity index (χ0) is 24.9. The molecule has 2 aromatic carbocycles. The summed E-state index contributed by atoms with van der Waals surface area (Å²) in [5, 5.41) is 0. The lowest BCUT2D eigenvalue weighted by atomic mass is 9.89. The van der Waals surface area contributed by atoms with E-state index < -0.39 is 40.0 Å². The number of hydrogen-bond donors (Lipinski definition) is 0. The van der Waals surface area contributed by atoms with E-state index in [-0.39, 0.29) is 18.8 Å². The number of ether oxygens (including phenoxy) is 2. The van der Waals surface area contributed by atoms with Crippen LogP contribution in [-0.2, 0) is 26.1 Å². The highest BCUT2D eigenvalue weighted by Gasteiger charge is 2.41. The Labute approximate surface area is 201 Å². The zero-order valence-electron chi connectivity index (χ0n) is 20.2. The van der Waals surface area contributed by atoms with Crippen LogP contribution in [0.3, 0.4) is 0 Å². The van der Waals surface area contributed by atoms with Crippen molar-refractivity contribution in [2.75, 3.05) is 32.5 Å². The second kappa shape index (κ2) is 10.8. The molecule has 7 nitrogen and oxygen atoms in total. The van der Waals surface area contributed by atoms with Crippen molar-refractivity contribution in [1.82, 2.24) is 9.21 Å². The first-order chi connectivity index (χ1) is 16.0. The first-order valence-corrected chi connectivity index (χ1v) is 13.0. The van der Waals surface area contributed by atoms with Gasteiger partial charge in [0.05, 0.1) is 11.8 Å². The number of carbonyl (C=O) groups excluding carboxylic acids is 1. The van der Waals surface area contributed by atoms with Crippen LogP contribution in [0.25, 0.3) is 0 Å². The molecule has 1 heterocycles. The van der Waals surface area contributed by atoms with Gasteiger partial charge >= 0.3 is 5.97 Å². The van der Waals surface area contributed by atoms with E-state index in [0.29, 0.717) is 24.4 Å². The summed E-state index contributed by atoms with van der Waals surface area (Å²) in [7, 11) is -1.88. The summed E-state index contributed by atoms with van der Waals surface area (Å²) in [6.07, 6.45) is 0.274. The Bertz CT molecular complexity index is 1090. The van der Waals surface area contributed by atoms with Crippen molar-refractivity contribution in [2.45, 2.75) is 45.4 Å². The summed E-state index contributed by atoms with van der Waals surface area (Å²) in [4.78, 5) is 14.7. The van der Waals surface area contributed by atoms with Gasteiger partial charge < -0.3 is 9.47 Å². The molecule has 0 saturated carbocycles. The molecule has 1 atom stereocenters. The fourth-order valence-electron chi connectivity index (χ4n) is 4.08. The average molecular weight is 493 g/mol. The minimum Gasteiger partial charge on any atom is -0.487 e. The standard InChI is InChI=1S/C25H33FN2O5S/c1-5-34(30,31)28(22-16-25(2,3)33-23-12-11-20(26)15-21(22)23)18-24(29)32-14-13-27(4)17-19-9-7-6-8-10-19/h6-12,15,22H,5,13-14,16-18H2,1-4H3. The molecule has 0 N–H and O–H groups in total. The monoisotopic (exact) mass is 492 g/mol. The molecule has 1 unspecified atom stereocenters. The van der Waals surface area contributed by atoms with Crippen molar-refractivity contribution >= 4 is 16.0 Å². The lowest BCUT2D eigenvalue weighted by Gasteiger charge is -2.41. The summed E-state index contributed by atoms with van der Waals surface area (Å²) in [5.41, 5.74) is 0.859. The summed E-state index contributed by atoms with van der Waals surface area (Å²) < 4.78 is 52.5. The number of sulfonamides is 1. The highest BCUT2D eigenvalue weighted by molar-refractivity contribution is 7.89. The Morgan fingerprint density at radius 2 is 1.91 bits per heavy atom. The van der Waals surface area contributed by atoms with Crippen molar-refractivity contribution < 1.29 is 27.1 Å². The van der Waals surface area contributed by atoms with Crippen LogP contribution < -0.4 is 4.74 Å². The third-order valence-electron chi connectivity index (χ3n) is 5.79. The molecule has 2 aromatic rings. The number of rotatable bonds is 10. The van der Waals surface area contributed by atoms with E-state index in [1.165, 1.54) is 25.1 Å². The van der Waals surface area contributed by atoms with Crippen LogP contribution in [0.1, 0.15) is 44.4 Å². The van der Waals surface area contributed by atoms with Gasteiger partial charge in [0.1, 0.15) is 30.3 Å². The second-order valence-corrected chi connectivity index (χ2v) is 11.4. The number of fused-ring (bicyclic) bond motifs is 1. The van der Waals surface area contributed by atoms with Crippen LogP contribution in [0.5, 0.6) is 5.75 Å². The molecule has 0 amide bonds. The molecule has 9 heteroatoms. The molecule has 0 aromatic heterocycles. The van der Waals surface area contributed by atoms with Gasteiger partial charge in [-0.15, -0.1) is 0 Å². The number of halogens is 1. The molecule has 0 radical (unpaired) electrons. The van der Waals surface area contributed by atoms with Crippen molar-refractivity contribution in [2.24, 2.45) is 0 Å². The summed E-state index contributed by atoms with van der Waals surface area (Å²) in [6, 6.07) is 13.2. The van der Waals surface area contributed by atoms with Gasteiger partial charge in [-0.25, -0.2) is 12.8 Å². The van der Waals surface area contributed by atoms with E-state index in [1.807, 2.05) is 56.1 Å². The Kier molecular flexibility index (Phi) is 8.33. The maximum absolute atomic E-state index is 14.0. The van der Waals surface area contributed by atoms with Crippen molar-refractivity contribution in [3.8, 4) is 5.75 Å². The SMILES string of the molecule is CCS(=O)(=O)N(CC(=O)OCCN(C)Cc1ccccc1)C1CC(C)(C)Oc2ccc(F)cc21. The maximum atomic E-state index is 14.0. The lowest BCUT2D eigenvalue weighted by Crippen LogP contribution is -2.46. The van der Waals surface area contributed by atoms with E-state index >= 15 is 0 Å². The number of likely N-dealkylation sites (N-methyl/N-ethyl adjacent to an activating group) is 1. The van der Waals surface area contributed by atoms with Gasteiger partial charge in [0, 0.05) is 25.1 Å². The quantitative estimate of drug-likeness (QED) is 0.470. The fourth-order valence-corrected chi connectivity index (χ4v) is 5.28. The molecule has 1 aliphatic rings. The highest BCUT2D eigenvalue weighted by atomic mass is 32.2. The number of carbonyl (C=O) groups is 1. The van der Waals surface area contributed by atoms with E-state index in [4.69, 9.17) is 9.47 Å². The Morgan fingerprint density at radius 3 is 2.59 bits per heavy atom. The summed E-state index contributed by atoms with van der Waals surface area (Å²) >= 11 is 0. The first kappa shape index (κ1) is 26.1. The van der Waals surface area contributed by atoms with Gasteiger partial charge in [0.2, 0.25) is 10.0 Å². The molecule has 0 aliphatic carbocycles. The van der Waals surface area contributed by atoms with Crippen molar-refractivity contribution in [3.63, 3.8) is 0 Å². The van der Waals surface area contributed by atoms with Crippen molar-refractivity contribution in [3.05, 3.63) is 65.5 Å².